The minimum absolute atomic E-state index is 0.0376. The topological polar surface area (TPSA) is 52.6 Å². The third-order valence-corrected chi connectivity index (χ3v) is 6.38. The Morgan fingerprint density at radius 3 is 2.43 bits per heavy atom. The zero-order chi connectivity index (χ0) is 20.9. The van der Waals surface area contributed by atoms with Gasteiger partial charge >= 0.3 is 6.09 Å². The van der Waals surface area contributed by atoms with E-state index >= 15 is 0 Å². The summed E-state index contributed by atoms with van der Waals surface area (Å²) in [4.78, 5) is 14.9. The van der Waals surface area contributed by atoms with E-state index in [4.69, 9.17) is 24.4 Å². The molecule has 1 aliphatic carbocycles. The van der Waals surface area contributed by atoms with Crippen LogP contribution in [0.15, 0.2) is 30.3 Å². The average Bonchev–Trinajstić information content (AvgIpc) is 2.58. The standard InChI is InChI=1S/C22H32N2O2S2/c1-5-11-24(19(28)18(27)16-9-7-6-8-10-16)15-22(4)13-17(23-20(25)26)12-21(2,3)14-22/h6-10,17,23H,5,11-15H2,1-4H3,(H,25,26). The largest absolute Gasteiger partial charge is 0.465 e. The number of carboxylic acid groups (broad SMARTS) is 1. The maximum Gasteiger partial charge on any atom is 0.404 e. The lowest BCUT2D eigenvalue weighted by atomic mass is 9.62. The minimum atomic E-state index is -0.948. The molecule has 1 saturated carbocycles. The summed E-state index contributed by atoms with van der Waals surface area (Å²) in [5.74, 6) is 0. The predicted octanol–water partition coefficient (Wildman–Crippen LogP) is 5.30. The van der Waals surface area contributed by atoms with Crippen molar-refractivity contribution in [1.82, 2.24) is 10.2 Å². The molecule has 28 heavy (non-hydrogen) atoms. The summed E-state index contributed by atoms with van der Waals surface area (Å²) < 4.78 is 0. The molecule has 2 N–H and O–H groups in total. The quantitative estimate of drug-likeness (QED) is 0.463. The highest BCUT2D eigenvalue weighted by atomic mass is 32.1. The van der Waals surface area contributed by atoms with Crippen LogP contribution in [0.1, 0.15) is 58.9 Å². The predicted molar refractivity (Wildman–Crippen MR) is 123 cm³/mol. The molecule has 2 rings (SSSR count). The van der Waals surface area contributed by atoms with E-state index in [0.29, 0.717) is 4.86 Å². The Balaban J connectivity index is 2.20. The molecule has 1 amide bonds. The van der Waals surface area contributed by atoms with Gasteiger partial charge in [-0.05, 0) is 42.1 Å². The molecule has 0 saturated heterocycles. The van der Waals surface area contributed by atoms with E-state index in [1.165, 1.54) is 0 Å². The van der Waals surface area contributed by atoms with Crippen LogP contribution in [0.4, 0.5) is 4.79 Å². The van der Waals surface area contributed by atoms with Crippen molar-refractivity contribution in [2.45, 2.75) is 59.4 Å². The van der Waals surface area contributed by atoms with Crippen LogP contribution in [-0.4, -0.2) is 45.1 Å². The molecule has 154 valence electrons. The van der Waals surface area contributed by atoms with E-state index in [1.54, 1.807) is 0 Å². The van der Waals surface area contributed by atoms with E-state index < -0.39 is 6.09 Å². The number of hydrogen-bond donors (Lipinski definition) is 2. The van der Waals surface area contributed by atoms with Crippen molar-refractivity contribution < 1.29 is 9.90 Å². The van der Waals surface area contributed by atoms with E-state index in [2.05, 4.69) is 37.9 Å². The maximum absolute atomic E-state index is 11.2. The van der Waals surface area contributed by atoms with Gasteiger partial charge in [-0.2, -0.15) is 0 Å². The molecule has 1 fully saturated rings. The van der Waals surface area contributed by atoms with Crippen LogP contribution >= 0.6 is 24.4 Å². The first kappa shape index (κ1) is 22.8. The Labute approximate surface area is 179 Å². The monoisotopic (exact) mass is 420 g/mol. The van der Waals surface area contributed by atoms with Crippen LogP contribution in [-0.2, 0) is 0 Å². The molecule has 0 spiro atoms. The number of carbonyl (C=O) groups is 1. The number of nitrogens with one attached hydrogen (secondary N) is 1. The molecular weight excluding hydrogens is 388 g/mol. The first-order valence-corrected chi connectivity index (χ1v) is 10.7. The van der Waals surface area contributed by atoms with Gasteiger partial charge in [0.05, 0.1) is 4.86 Å². The molecule has 6 heteroatoms. The highest BCUT2D eigenvalue weighted by Crippen LogP contribution is 2.46. The third-order valence-electron chi connectivity index (χ3n) is 5.35. The Bertz CT molecular complexity index is 721. The van der Waals surface area contributed by atoms with Crippen molar-refractivity contribution in [2.75, 3.05) is 13.1 Å². The van der Waals surface area contributed by atoms with Crippen molar-refractivity contribution in [3.63, 3.8) is 0 Å². The van der Waals surface area contributed by atoms with Gasteiger partial charge in [-0.15, -0.1) is 0 Å². The molecule has 2 atom stereocenters. The second kappa shape index (κ2) is 9.31. The fourth-order valence-electron chi connectivity index (χ4n) is 4.87. The number of amides is 1. The Hall–Kier alpha value is -1.53. The minimum Gasteiger partial charge on any atom is -0.465 e. The van der Waals surface area contributed by atoms with Gasteiger partial charge in [0, 0.05) is 19.1 Å². The summed E-state index contributed by atoms with van der Waals surface area (Å²) in [5.41, 5.74) is 1.00. The van der Waals surface area contributed by atoms with Crippen molar-refractivity contribution in [3.05, 3.63) is 35.9 Å². The van der Waals surface area contributed by atoms with Gasteiger partial charge in [-0.1, -0.05) is 82.5 Å². The molecule has 0 aliphatic heterocycles. The van der Waals surface area contributed by atoms with Crippen molar-refractivity contribution >= 4 is 40.4 Å². The second-order valence-corrected chi connectivity index (χ2v) is 9.92. The molecular formula is C22H32N2O2S2. The van der Waals surface area contributed by atoms with Gasteiger partial charge in [-0.3, -0.25) is 0 Å². The second-order valence-electron chi connectivity index (χ2n) is 9.13. The molecule has 0 radical (unpaired) electrons. The fraction of sp³-hybridized carbons (Fsp3) is 0.591. The van der Waals surface area contributed by atoms with Gasteiger partial charge in [-0.25, -0.2) is 4.79 Å². The van der Waals surface area contributed by atoms with Crippen LogP contribution < -0.4 is 5.32 Å². The molecule has 2 unspecified atom stereocenters. The zero-order valence-corrected chi connectivity index (χ0v) is 19.0. The molecule has 0 heterocycles. The van der Waals surface area contributed by atoms with Gasteiger partial charge in [0.25, 0.3) is 0 Å². The maximum atomic E-state index is 11.2. The van der Waals surface area contributed by atoms with E-state index in [9.17, 15) is 9.90 Å². The van der Waals surface area contributed by atoms with E-state index in [-0.39, 0.29) is 16.9 Å². The summed E-state index contributed by atoms with van der Waals surface area (Å²) >= 11 is 11.5. The Kier molecular flexibility index (Phi) is 7.57. The van der Waals surface area contributed by atoms with Gasteiger partial charge in [0.2, 0.25) is 0 Å². The first-order chi connectivity index (χ1) is 13.1. The summed E-state index contributed by atoms with van der Waals surface area (Å²) in [6.45, 7) is 10.5. The number of hydrogen-bond acceptors (Lipinski definition) is 3. The molecule has 0 bridgehead atoms. The molecule has 4 nitrogen and oxygen atoms in total. The number of rotatable bonds is 7. The normalized spacial score (nSPS) is 23.6. The SMILES string of the molecule is CCCN(CC1(C)CC(NC(=O)O)CC(C)(C)C1)C(=S)C(=S)c1ccccc1. The number of nitrogens with zero attached hydrogens (tertiary/aromatic N) is 1. The average molecular weight is 421 g/mol. The van der Waals surface area contributed by atoms with Gasteiger partial charge in [0.1, 0.15) is 4.99 Å². The molecule has 1 aliphatic rings. The van der Waals surface area contributed by atoms with Crippen LogP contribution in [0.5, 0.6) is 0 Å². The van der Waals surface area contributed by atoms with Crippen molar-refractivity contribution in [1.29, 1.82) is 0 Å². The summed E-state index contributed by atoms with van der Waals surface area (Å²) in [6, 6.07) is 9.88. The van der Waals surface area contributed by atoms with Gasteiger partial charge < -0.3 is 15.3 Å². The summed E-state index contributed by atoms with van der Waals surface area (Å²) in [5, 5.41) is 11.9. The summed E-state index contributed by atoms with van der Waals surface area (Å²) in [7, 11) is 0. The lowest BCUT2D eigenvalue weighted by Crippen LogP contribution is -2.51. The molecule has 1 aromatic carbocycles. The smallest absolute Gasteiger partial charge is 0.404 e. The highest BCUT2D eigenvalue weighted by molar-refractivity contribution is 7.89. The van der Waals surface area contributed by atoms with Crippen molar-refractivity contribution in [2.24, 2.45) is 10.8 Å². The van der Waals surface area contributed by atoms with Crippen molar-refractivity contribution in [3.8, 4) is 0 Å². The lowest BCUT2D eigenvalue weighted by molar-refractivity contribution is 0.0539. The Morgan fingerprint density at radius 2 is 1.86 bits per heavy atom. The lowest BCUT2D eigenvalue weighted by Gasteiger charge is -2.48. The van der Waals surface area contributed by atoms with E-state index in [1.807, 2.05) is 30.3 Å². The zero-order valence-electron chi connectivity index (χ0n) is 17.3. The van der Waals surface area contributed by atoms with E-state index in [0.717, 1.165) is 49.3 Å². The number of thiocarbonyl (C=S) groups is 2. The van der Waals surface area contributed by atoms with Crippen LogP contribution in [0, 0.1) is 10.8 Å². The fourth-order valence-corrected chi connectivity index (χ4v) is 5.41. The highest BCUT2D eigenvalue weighted by Gasteiger charge is 2.43. The number of benzene rings is 1. The molecule has 0 aromatic heterocycles. The first-order valence-electron chi connectivity index (χ1n) is 9.93. The van der Waals surface area contributed by atoms with Gasteiger partial charge in [0.15, 0.2) is 0 Å². The summed E-state index contributed by atoms with van der Waals surface area (Å²) in [6.07, 6.45) is 2.72. The molecule has 1 aromatic rings. The Morgan fingerprint density at radius 1 is 1.21 bits per heavy atom. The van der Waals surface area contributed by atoms with Crippen LogP contribution in [0.25, 0.3) is 0 Å². The third kappa shape index (κ3) is 6.24. The van der Waals surface area contributed by atoms with Crippen LogP contribution in [0.3, 0.4) is 0 Å². The van der Waals surface area contributed by atoms with Crippen LogP contribution in [0.2, 0.25) is 0 Å².